The topological polar surface area (TPSA) is 15.3 Å². The van der Waals surface area contributed by atoms with E-state index in [1.165, 1.54) is 32.1 Å². The second-order valence-electron chi connectivity index (χ2n) is 5.14. The van der Waals surface area contributed by atoms with Crippen LogP contribution < -0.4 is 5.32 Å². The lowest BCUT2D eigenvalue weighted by Gasteiger charge is -2.48. The summed E-state index contributed by atoms with van der Waals surface area (Å²) in [6.45, 7) is 0. The summed E-state index contributed by atoms with van der Waals surface area (Å²) in [6, 6.07) is 0.527. The van der Waals surface area contributed by atoms with Crippen molar-refractivity contribution in [3.8, 4) is 12.3 Å². The van der Waals surface area contributed by atoms with Crippen molar-refractivity contribution in [2.45, 2.75) is 56.5 Å². The molecule has 16 heavy (non-hydrogen) atoms. The predicted molar refractivity (Wildman–Crippen MR) is 70.4 cm³/mol. The Hall–Kier alpha value is -0.520. The third-order valence-electron chi connectivity index (χ3n) is 4.18. The van der Waals surface area contributed by atoms with Gasteiger partial charge in [-0.25, -0.2) is 0 Å². The number of nitrogens with one attached hydrogen (secondary N) is 1. The van der Waals surface area contributed by atoms with Gasteiger partial charge in [0.15, 0.2) is 0 Å². The van der Waals surface area contributed by atoms with E-state index in [-0.39, 0.29) is 0 Å². The van der Waals surface area contributed by atoms with Crippen LogP contribution in [0.3, 0.4) is 0 Å². The molecule has 0 aliphatic heterocycles. The average Bonchev–Trinajstić information content (AvgIpc) is 2.31. The van der Waals surface area contributed by atoms with Crippen molar-refractivity contribution in [3.63, 3.8) is 0 Å². The fraction of sp³-hybridized carbons (Fsp3) is 0.857. The monoisotopic (exact) mass is 222 g/mol. The van der Waals surface area contributed by atoms with Gasteiger partial charge in [-0.15, -0.1) is 12.3 Å². The summed E-state index contributed by atoms with van der Waals surface area (Å²) in [4.78, 5) is 2.42. The molecule has 1 aliphatic rings. The summed E-state index contributed by atoms with van der Waals surface area (Å²) in [5.74, 6) is 2.77. The summed E-state index contributed by atoms with van der Waals surface area (Å²) in [6.07, 6.45) is 14.1. The molecule has 1 unspecified atom stereocenters. The zero-order chi connectivity index (χ0) is 12.0. The Morgan fingerprint density at radius 2 is 1.94 bits per heavy atom. The fourth-order valence-corrected chi connectivity index (χ4v) is 3.18. The molecule has 0 bridgehead atoms. The van der Waals surface area contributed by atoms with E-state index < -0.39 is 0 Å². The van der Waals surface area contributed by atoms with Crippen LogP contribution in [0.2, 0.25) is 0 Å². The Labute approximate surface area is 101 Å². The first-order valence-corrected chi connectivity index (χ1v) is 6.45. The maximum Gasteiger partial charge on any atom is 0.0356 e. The molecule has 2 nitrogen and oxygen atoms in total. The van der Waals surface area contributed by atoms with Crippen LogP contribution in [0.1, 0.15) is 44.9 Å². The molecular weight excluding hydrogens is 196 g/mol. The fourth-order valence-electron chi connectivity index (χ4n) is 3.18. The van der Waals surface area contributed by atoms with Gasteiger partial charge in [-0.3, -0.25) is 0 Å². The van der Waals surface area contributed by atoms with E-state index in [4.69, 9.17) is 6.42 Å². The largest absolute Gasteiger partial charge is 0.315 e. The van der Waals surface area contributed by atoms with E-state index in [0.717, 1.165) is 12.8 Å². The summed E-state index contributed by atoms with van der Waals surface area (Å²) in [5.41, 5.74) is 0.323. The van der Waals surface area contributed by atoms with Crippen molar-refractivity contribution in [3.05, 3.63) is 0 Å². The molecule has 1 fully saturated rings. The highest BCUT2D eigenvalue weighted by Gasteiger charge is 2.40. The Morgan fingerprint density at radius 1 is 1.31 bits per heavy atom. The van der Waals surface area contributed by atoms with Gasteiger partial charge in [-0.05, 0) is 40.4 Å². The lowest BCUT2D eigenvalue weighted by molar-refractivity contribution is 0.0570. The second kappa shape index (κ2) is 6.27. The number of hydrogen-bond acceptors (Lipinski definition) is 2. The van der Waals surface area contributed by atoms with E-state index in [2.05, 4.69) is 37.3 Å². The molecule has 0 heterocycles. The molecule has 1 rings (SSSR count). The van der Waals surface area contributed by atoms with Crippen LogP contribution in [0.5, 0.6) is 0 Å². The molecule has 2 heteroatoms. The first-order chi connectivity index (χ1) is 7.67. The van der Waals surface area contributed by atoms with Crippen LogP contribution in [0.4, 0.5) is 0 Å². The van der Waals surface area contributed by atoms with Gasteiger partial charge in [0.05, 0.1) is 0 Å². The number of likely N-dealkylation sites (N-methyl/N-ethyl adjacent to an activating group) is 2. The van der Waals surface area contributed by atoms with Crippen LogP contribution in [-0.2, 0) is 0 Å². The standard InChI is InChI=1S/C14H26N2/c1-5-6-10-13(15-2)14(16(3)4)11-8-7-9-12-14/h1,13,15H,6-12H2,2-4H3. The molecule has 1 saturated carbocycles. The zero-order valence-corrected chi connectivity index (χ0v) is 11.1. The van der Waals surface area contributed by atoms with Crippen molar-refractivity contribution in [1.29, 1.82) is 0 Å². The number of rotatable bonds is 5. The second-order valence-corrected chi connectivity index (χ2v) is 5.14. The van der Waals surface area contributed by atoms with Gasteiger partial charge < -0.3 is 10.2 Å². The van der Waals surface area contributed by atoms with Crippen molar-refractivity contribution in [1.82, 2.24) is 10.2 Å². The highest BCUT2D eigenvalue weighted by atomic mass is 15.2. The third kappa shape index (κ3) is 2.78. The highest BCUT2D eigenvalue weighted by molar-refractivity contribution is 5.01. The minimum absolute atomic E-state index is 0.323. The Kier molecular flexibility index (Phi) is 5.31. The first kappa shape index (κ1) is 13.5. The van der Waals surface area contributed by atoms with E-state index >= 15 is 0 Å². The maximum absolute atomic E-state index is 5.39. The van der Waals surface area contributed by atoms with Crippen LogP contribution in [0.25, 0.3) is 0 Å². The van der Waals surface area contributed by atoms with Crippen LogP contribution >= 0.6 is 0 Å². The Morgan fingerprint density at radius 3 is 2.38 bits per heavy atom. The SMILES string of the molecule is C#CCCC(NC)C1(N(C)C)CCCCC1. The smallest absolute Gasteiger partial charge is 0.0356 e. The molecule has 92 valence electrons. The molecule has 0 aromatic heterocycles. The number of hydrogen-bond donors (Lipinski definition) is 1. The molecule has 1 atom stereocenters. The molecular formula is C14H26N2. The van der Waals surface area contributed by atoms with Gasteiger partial charge >= 0.3 is 0 Å². The minimum atomic E-state index is 0.323. The maximum atomic E-state index is 5.39. The minimum Gasteiger partial charge on any atom is -0.315 e. The molecule has 0 radical (unpaired) electrons. The van der Waals surface area contributed by atoms with Gasteiger partial charge in [0.1, 0.15) is 0 Å². The van der Waals surface area contributed by atoms with Gasteiger partial charge in [-0.1, -0.05) is 19.3 Å². The Balaban J connectivity index is 2.76. The van der Waals surface area contributed by atoms with E-state index in [0.29, 0.717) is 11.6 Å². The quantitative estimate of drug-likeness (QED) is 0.718. The van der Waals surface area contributed by atoms with Gasteiger partial charge in [0, 0.05) is 18.0 Å². The van der Waals surface area contributed by atoms with Crippen molar-refractivity contribution >= 4 is 0 Å². The van der Waals surface area contributed by atoms with Crippen molar-refractivity contribution < 1.29 is 0 Å². The van der Waals surface area contributed by atoms with Gasteiger partial charge in [0.2, 0.25) is 0 Å². The molecule has 1 aliphatic carbocycles. The van der Waals surface area contributed by atoms with E-state index in [1.54, 1.807) is 0 Å². The number of nitrogens with zero attached hydrogens (tertiary/aromatic N) is 1. The van der Waals surface area contributed by atoms with E-state index in [9.17, 15) is 0 Å². The first-order valence-electron chi connectivity index (χ1n) is 6.45. The average molecular weight is 222 g/mol. The van der Waals surface area contributed by atoms with Gasteiger partial charge in [0.25, 0.3) is 0 Å². The molecule has 0 saturated heterocycles. The molecule has 0 aromatic carbocycles. The zero-order valence-electron chi connectivity index (χ0n) is 11.1. The van der Waals surface area contributed by atoms with Crippen molar-refractivity contribution in [2.24, 2.45) is 0 Å². The van der Waals surface area contributed by atoms with Crippen LogP contribution in [0.15, 0.2) is 0 Å². The summed E-state index contributed by atoms with van der Waals surface area (Å²) in [7, 11) is 6.50. The van der Waals surface area contributed by atoms with Crippen LogP contribution in [-0.4, -0.2) is 37.6 Å². The van der Waals surface area contributed by atoms with Gasteiger partial charge in [-0.2, -0.15) is 0 Å². The molecule has 0 aromatic rings. The lowest BCUT2D eigenvalue weighted by atomic mass is 9.74. The predicted octanol–water partition coefficient (Wildman–Crippen LogP) is 2.25. The van der Waals surface area contributed by atoms with Crippen molar-refractivity contribution in [2.75, 3.05) is 21.1 Å². The molecule has 1 N–H and O–H groups in total. The van der Waals surface area contributed by atoms with E-state index in [1.807, 2.05) is 0 Å². The number of terminal acetylenes is 1. The summed E-state index contributed by atoms with van der Waals surface area (Å²) in [5, 5.41) is 3.49. The molecule has 0 spiro atoms. The third-order valence-corrected chi connectivity index (χ3v) is 4.18. The summed E-state index contributed by atoms with van der Waals surface area (Å²) < 4.78 is 0. The highest BCUT2D eigenvalue weighted by Crippen LogP contribution is 2.36. The molecule has 0 amide bonds. The summed E-state index contributed by atoms with van der Waals surface area (Å²) >= 11 is 0. The lowest BCUT2D eigenvalue weighted by Crippen LogP contribution is -2.59. The Bertz CT molecular complexity index is 234. The van der Waals surface area contributed by atoms with Crippen LogP contribution in [0, 0.1) is 12.3 Å². The normalized spacial score (nSPS) is 21.7.